The van der Waals surface area contributed by atoms with E-state index in [4.69, 9.17) is 9.47 Å². The summed E-state index contributed by atoms with van der Waals surface area (Å²) in [6.45, 7) is 5.55. The summed E-state index contributed by atoms with van der Waals surface area (Å²) in [5, 5.41) is 2.94. The molecule has 0 saturated carbocycles. The number of imidazole rings is 1. The van der Waals surface area contributed by atoms with Gasteiger partial charge < -0.3 is 19.4 Å². The Morgan fingerprint density at radius 3 is 2.77 bits per heavy atom. The average Bonchev–Trinajstić information content (AvgIpc) is 3.43. The van der Waals surface area contributed by atoms with Crippen LogP contribution in [0.5, 0.6) is 0 Å². The van der Waals surface area contributed by atoms with E-state index in [1.54, 1.807) is 18.2 Å². The number of aromatic nitrogens is 2. The van der Waals surface area contributed by atoms with Gasteiger partial charge in [0.05, 0.1) is 35.2 Å². The molecular formula is C21H30N4O5S. The molecule has 1 amide bonds. The van der Waals surface area contributed by atoms with Gasteiger partial charge in [-0.25, -0.2) is 13.4 Å². The molecule has 170 valence electrons. The lowest BCUT2D eigenvalue weighted by Gasteiger charge is -2.26. The highest BCUT2D eigenvalue weighted by Gasteiger charge is 2.27. The first-order valence-corrected chi connectivity index (χ1v) is 12.4. The molecule has 0 radical (unpaired) electrons. The molecular weight excluding hydrogens is 420 g/mol. The summed E-state index contributed by atoms with van der Waals surface area (Å²) in [6.07, 6.45) is 2.97. The number of rotatable bonds is 8. The van der Waals surface area contributed by atoms with Crippen LogP contribution in [0.1, 0.15) is 32.0 Å². The van der Waals surface area contributed by atoms with Crippen LogP contribution >= 0.6 is 0 Å². The Labute approximate surface area is 182 Å². The molecule has 1 atom stereocenters. The number of ether oxygens (including phenoxy) is 2. The van der Waals surface area contributed by atoms with E-state index >= 15 is 0 Å². The van der Waals surface area contributed by atoms with Gasteiger partial charge in [-0.15, -0.1) is 0 Å². The largest absolute Gasteiger partial charge is 0.379 e. The number of benzene rings is 1. The molecule has 1 N–H and O–H groups in total. The lowest BCUT2D eigenvalue weighted by atomic mass is 10.2. The van der Waals surface area contributed by atoms with Gasteiger partial charge in [0.25, 0.3) is 0 Å². The number of aryl methyl sites for hydroxylation is 2. The van der Waals surface area contributed by atoms with Gasteiger partial charge in [0.1, 0.15) is 5.82 Å². The van der Waals surface area contributed by atoms with Crippen molar-refractivity contribution in [3.63, 3.8) is 0 Å². The maximum atomic E-state index is 13.0. The van der Waals surface area contributed by atoms with Crippen LogP contribution in [0.2, 0.25) is 0 Å². The van der Waals surface area contributed by atoms with E-state index < -0.39 is 10.0 Å². The molecule has 1 aromatic carbocycles. The Morgan fingerprint density at radius 2 is 2.06 bits per heavy atom. The highest BCUT2D eigenvalue weighted by atomic mass is 32.2. The fourth-order valence-electron chi connectivity index (χ4n) is 4.15. The molecule has 10 heteroatoms. The number of fused-ring (bicyclic) bond motifs is 1. The fourth-order valence-corrected chi connectivity index (χ4v) is 5.57. The molecule has 4 rings (SSSR count). The zero-order valence-electron chi connectivity index (χ0n) is 17.9. The number of amides is 1. The van der Waals surface area contributed by atoms with E-state index in [0.717, 1.165) is 30.8 Å². The SMILES string of the molecule is CCn1c(CCC(=O)NCC2CCCO2)nc2cc(S(=O)(=O)N3CCOCC3)ccc21. The summed E-state index contributed by atoms with van der Waals surface area (Å²) < 4.78 is 40.2. The van der Waals surface area contributed by atoms with Crippen LogP contribution in [-0.4, -0.2) is 73.7 Å². The van der Waals surface area contributed by atoms with Crippen molar-refractivity contribution >= 4 is 27.0 Å². The molecule has 2 aliphatic heterocycles. The topological polar surface area (TPSA) is 103 Å². The lowest BCUT2D eigenvalue weighted by molar-refractivity contribution is -0.121. The summed E-state index contributed by atoms with van der Waals surface area (Å²) in [4.78, 5) is 17.2. The number of morpholine rings is 1. The zero-order valence-corrected chi connectivity index (χ0v) is 18.7. The van der Waals surface area contributed by atoms with Gasteiger partial charge in [0.15, 0.2) is 0 Å². The maximum Gasteiger partial charge on any atom is 0.243 e. The van der Waals surface area contributed by atoms with Gasteiger partial charge in [0, 0.05) is 45.6 Å². The molecule has 0 aliphatic carbocycles. The van der Waals surface area contributed by atoms with Gasteiger partial charge in [0.2, 0.25) is 15.9 Å². The van der Waals surface area contributed by atoms with Crippen molar-refractivity contribution in [2.45, 2.75) is 50.2 Å². The molecule has 3 heterocycles. The highest BCUT2D eigenvalue weighted by molar-refractivity contribution is 7.89. The minimum atomic E-state index is -3.58. The third-order valence-electron chi connectivity index (χ3n) is 5.85. The Morgan fingerprint density at radius 1 is 1.26 bits per heavy atom. The van der Waals surface area contributed by atoms with Crippen molar-refractivity contribution in [1.29, 1.82) is 0 Å². The standard InChI is InChI=1S/C21H30N4O5S/c1-2-25-19-6-5-17(31(27,28)24-9-12-29-13-10-24)14-18(19)23-20(25)7-8-21(26)22-15-16-4-3-11-30-16/h5-6,14,16H,2-4,7-13,15H2,1H3,(H,22,26). The normalized spacial score (nSPS) is 20.4. The molecule has 2 fully saturated rings. The van der Waals surface area contributed by atoms with Gasteiger partial charge in [-0.1, -0.05) is 0 Å². The lowest BCUT2D eigenvalue weighted by Crippen LogP contribution is -2.40. The Hall–Kier alpha value is -2.01. The summed E-state index contributed by atoms with van der Waals surface area (Å²) in [5.74, 6) is 0.756. The Kier molecular flexibility index (Phi) is 6.90. The molecule has 31 heavy (non-hydrogen) atoms. The molecule has 1 aromatic heterocycles. The van der Waals surface area contributed by atoms with E-state index in [1.807, 2.05) is 11.5 Å². The van der Waals surface area contributed by atoms with Gasteiger partial charge in [-0.05, 0) is 38.0 Å². The molecule has 2 aliphatic rings. The van der Waals surface area contributed by atoms with Crippen LogP contribution in [0.15, 0.2) is 23.1 Å². The number of nitrogens with one attached hydrogen (secondary N) is 1. The second-order valence-electron chi connectivity index (χ2n) is 7.88. The monoisotopic (exact) mass is 450 g/mol. The summed E-state index contributed by atoms with van der Waals surface area (Å²) >= 11 is 0. The molecule has 2 aromatic rings. The molecule has 0 spiro atoms. The number of carbonyl (C=O) groups is 1. The van der Waals surface area contributed by atoms with Crippen molar-refractivity contribution in [2.75, 3.05) is 39.5 Å². The third-order valence-corrected chi connectivity index (χ3v) is 7.74. The minimum Gasteiger partial charge on any atom is -0.379 e. The number of carbonyl (C=O) groups excluding carboxylic acids is 1. The second kappa shape index (κ2) is 9.64. The number of hydrogen-bond acceptors (Lipinski definition) is 6. The van der Waals surface area contributed by atoms with E-state index in [-0.39, 0.29) is 16.9 Å². The predicted molar refractivity (Wildman–Crippen MR) is 115 cm³/mol. The quantitative estimate of drug-likeness (QED) is 0.650. The Balaban J connectivity index is 1.47. The predicted octanol–water partition coefficient (Wildman–Crippen LogP) is 1.30. The number of hydrogen-bond donors (Lipinski definition) is 1. The van der Waals surface area contributed by atoms with Crippen LogP contribution in [0.3, 0.4) is 0 Å². The molecule has 1 unspecified atom stereocenters. The fraction of sp³-hybridized carbons (Fsp3) is 0.619. The van der Waals surface area contributed by atoms with E-state index in [0.29, 0.717) is 57.8 Å². The van der Waals surface area contributed by atoms with E-state index in [9.17, 15) is 13.2 Å². The number of nitrogens with zero attached hydrogens (tertiary/aromatic N) is 3. The molecule has 0 bridgehead atoms. The smallest absolute Gasteiger partial charge is 0.243 e. The van der Waals surface area contributed by atoms with E-state index in [2.05, 4.69) is 10.3 Å². The first-order valence-electron chi connectivity index (χ1n) is 10.9. The van der Waals surface area contributed by atoms with Crippen molar-refractivity contribution < 1.29 is 22.7 Å². The number of sulfonamides is 1. The average molecular weight is 451 g/mol. The molecule has 9 nitrogen and oxygen atoms in total. The first-order chi connectivity index (χ1) is 15.0. The summed E-state index contributed by atoms with van der Waals surface area (Å²) in [7, 11) is -3.58. The van der Waals surface area contributed by atoms with Crippen LogP contribution < -0.4 is 5.32 Å². The summed E-state index contributed by atoms with van der Waals surface area (Å²) in [5.41, 5.74) is 1.50. The van der Waals surface area contributed by atoms with Crippen molar-refractivity contribution in [3.05, 3.63) is 24.0 Å². The van der Waals surface area contributed by atoms with Crippen LogP contribution in [0, 0.1) is 0 Å². The van der Waals surface area contributed by atoms with Crippen molar-refractivity contribution in [1.82, 2.24) is 19.2 Å². The highest BCUT2D eigenvalue weighted by Crippen LogP contribution is 2.24. The van der Waals surface area contributed by atoms with Gasteiger partial charge >= 0.3 is 0 Å². The third kappa shape index (κ3) is 4.92. The van der Waals surface area contributed by atoms with Crippen LogP contribution in [0.25, 0.3) is 11.0 Å². The van der Waals surface area contributed by atoms with Crippen molar-refractivity contribution in [3.8, 4) is 0 Å². The Bertz CT molecular complexity index is 1020. The molecule has 2 saturated heterocycles. The zero-order chi connectivity index (χ0) is 21.8. The van der Waals surface area contributed by atoms with Gasteiger partial charge in [-0.2, -0.15) is 4.31 Å². The summed E-state index contributed by atoms with van der Waals surface area (Å²) in [6, 6.07) is 5.08. The minimum absolute atomic E-state index is 0.0270. The van der Waals surface area contributed by atoms with Crippen LogP contribution in [0.4, 0.5) is 0 Å². The van der Waals surface area contributed by atoms with Gasteiger partial charge in [-0.3, -0.25) is 4.79 Å². The second-order valence-corrected chi connectivity index (χ2v) is 9.82. The van der Waals surface area contributed by atoms with Crippen LogP contribution in [-0.2, 0) is 37.3 Å². The van der Waals surface area contributed by atoms with Crippen molar-refractivity contribution in [2.24, 2.45) is 0 Å². The maximum absolute atomic E-state index is 13.0. The van der Waals surface area contributed by atoms with E-state index in [1.165, 1.54) is 4.31 Å². The first kappa shape index (κ1) is 22.2.